The Kier molecular flexibility index (Phi) is 17.1. The quantitative estimate of drug-likeness (QED) is 0.0600. The standard InChI is InChI=1S/C54H61N5O9/c1-5-55-45-32-48-43(29-35(45)3)52(44-30-36(4)46(56-6-2)33-49(44)68-48)41-18-17-39(31-42(41)54(63)64)53(62)58-22-24-66-26-28-67-27-25-65-23-21-57-50(60)19-20-51(61)59-34-40-13-8-7-11-37(40)15-16-38-12-9-10-14-47(38)59/h7-18,29-33,43,52,56H,5-6,19-28,34H2,1-4H3,(H,57,60)(H,58,62)(H,63,64)/b16-15-,55-45?. The van der Waals surface area contributed by atoms with Crippen molar-refractivity contribution in [1.82, 2.24) is 10.6 Å². The van der Waals surface area contributed by atoms with E-state index in [9.17, 15) is 24.3 Å². The van der Waals surface area contributed by atoms with Crippen LogP contribution in [0.1, 0.15) is 93.6 Å². The van der Waals surface area contributed by atoms with Crippen molar-refractivity contribution in [2.45, 2.75) is 53.0 Å². The van der Waals surface area contributed by atoms with Crippen molar-refractivity contribution >= 4 is 52.9 Å². The zero-order chi connectivity index (χ0) is 48.0. The molecule has 1 aliphatic carbocycles. The van der Waals surface area contributed by atoms with Crippen LogP contribution in [0.15, 0.2) is 107 Å². The minimum Gasteiger partial charge on any atom is -0.478 e. The highest BCUT2D eigenvalue weighted by Crippen LogP contribution is 2.50. The summed E-state index contributed by atoms with van der Waals surface area (Å²) in [5.74, 6) is -1.20. The lowest BCUT2D eigenvalue weighted by atomic mass is 9.73. The Morgan fingerprint density at radius 2 is 1.49 bits per heavy atom. The SMILES string of the molecule is CCN=C1C=C2Oc3cc(NCC)c(C)cc3C(c3ccc(C(=O)NCCOCCOCCOCCNC(=O)CCC(=O)N4Cc5ccccc5/C=C\c5ccccc54)cc3C(=O)O)C2C=C1C. The third kappa shape index (κ3) is 12.2. The summed E-state index contributed by atoms with van der Waals surface area (Å²) >= 11 is 0. The average Bonchev–Trinajstić information content (AvgIpc) is 3.33. The van der Waals surface area contributed by atoms with Gasteiger partial charge in [-0.3, -0.25) is 19.4 Å². The van der Waals surface area contributed by atoms with E-state index in [-0.39, 0.29) is 60.8 Å². The predicted molar refractivity (Wildman–Crippen MR) is 265 cm³/mol. The molecule has 0 saturated heterocycles. The Morgan fingerprint density at radius 3 is 2.22 bits per heavy atom. The molecule has 2 unspecified atom stereocenters. The maximum atomic E-state index is 13.4. The number of hydrogen-bond donors (Lipinski definition) is 4. The van der Waals surface area contributed by atoms with E-state index in [2.05, 4.69) is 39.2 Å². The molecule has 0 radical (unpaired) electrons. The Labute approximate surface area is 398 Å². The van der Waals surface area contributed by atoms with Crippen LogP contribution in [0.3, 0.4) is 0 Å². The normalized spacial score (nSPS) is 16.9. The van der Waals surface area contributed by atoms with Crippen molar-refractivity contribution in [3.8, 4) is 5.75 Å². The summed E-state index contributed by atoms with van der Waals surface area (Å²) in [5.41, 5.74) is 9.38. The number of hydrogen-bond acceptors (Lipinski definition) is 10. The second-order valence-corrected chi connectivity index (χ2v) is 16.7. The summed E-state index contributed by atoms with van der Waals surface area (Å²) in [6.45, 7) is 12.1. The summed E-state index contributed by atoms with van der Waals surface area (Å²) in [5, 5.41) is 19.6. The number of allylic oxidation sites excluding steroid dienone is 3. The van der Waals surface area contributed by atoms with Gasteiger partial charge in [-0.1, -0.05) is 66.8 Å². The first kappa shape index (κ1) is 49.0. The van der Waals surface area contributed by atoms with E-state index < -0.39 is 11.9 Å². The van der Waals surface area contributed by atoms with Crippen molar-refractivity contribution < 1.29 is 43.2 Å². The first-order valence-electron chi connectivity index (χ1n) is 23.4. The molecule has 3 amide bonds. The summed E-state index contributed by atoms with van der Waals surface area (Å²) in [6, 6.07) is 24.6. The summed E-state index contributed by atoms with van der Waals surface area (Å²) in [6.07, 6.45) is 8.28. The molecule has 2 aliphatic heterocycles. The molecule has 2 heterocycles. The molecular weight excluding hydrogens is 863 g/mol. The highest BCUT2D eigenvalue weighted by atomic mass is 16.5. The Balaban J connectivity index is 0.801. The lowest BCUT2D eigenvalue weighted by molar-refractivity contribution is -0.125. The van der Waals surface area contributed by atoms with Gasteiger partial charge < -0.3 is 44.9 Å². The van der Waals surface area contributed by atoms with Crippen LogP contribution < -0.4 is 25.6 Å². The number of carboxylic acids is 1. The molecule has 356 valence electrons. The van der Waals surface area contributed by atoms with Crippen LogP contribution in [-0.2, 0) is 30.3 Å². The van der Waals surface area contributed by atoms with Crippen molar-refractivity contribution in [2.75, 3.05) is 76.0 Å². The van der Waals surface area contributed by atoms with E-state index in [0.29, 0.717) is 69.7 Å². The van der Waals surface area contributed by atoms with Crippen molar-refractivity contribution in [3.05, 3.63) is 147 Å². The molecule has 3 aliphatic rings. The van der Waals surface area contributed by atoms with Crippen LogP contribution in [0.25, 0.3) is 12.2 Å². The number of nitrogens with one attached hydrogen (secondary N) is 3. The third-order valence-electron chi connectivity index (χ3n) is 12.1. The highest BCUT2D eigenvalue weighted by molar-refractivity contribution is 6.09. The fourth-order valence-electron chi connectivity index (χ4n) is 8.70. The summed E-state index contributed by atoms with van der Waals surface area (Å²) in [7, 11) is 0. The molecule has 4 aromatic carbocycles. The van der Waals surface area contributed by atoms with Gasteiger partial charge in [0.05, 0.1) is 63.1 Å². The molecule has 0 bridgehead atoms. The van der Waals surface area contributed by atoms with Gasteiger partial charge in [0, 0.05) is 79.8 Å². The molecule has 0 saturated carbocycles. The first-order valence-corrected chi connectivity index (χ1v) is 23.4. The number of carbonyl (C=O) groups is 4. The molecule has 4 aromatic rings. The fraction of sp³-hybridized carbons (Fsp3) is 0.352. The van der Waals surface area contributed by atoms with Crippen LogP contribution >= 0.6 is 0 Å². The number of aliphatic imine (C=N–C) groups is 1. The number of rotatable bonds is 21. The van der Waals surface area contributed by atoms with Crippen LogP contribution in [-0.4, -0.2) is 100 Å². The fourth-order valence-corrected chi connectivity index (χ4v) is 8.70. The maximum Gasteiger partial charge on any atom is 0.336 e. The van der Waals surface area contributed by atoms with Gasteiger partial charge in [0.1, 0.15) is 11.5 Å². The van der Waals surface area contributed by atoms with Gasteiger partial charge >= 0.3 is 5.97 Å². The van der Waals surface area contributed by atoms with Crippen molar-refractivity contribution in [3.63, 3.8) is 0 Å². The van der Waals surface area contributed by atoms with Crippen molar-refractivity contribution in [1.29, 1.82) is 0 Å². The number of carbonyl (C=O) groups excluding carboxylic acids is 3. The number of aryl methyl sites for hydroxylation is 1. The first-order chi connectivity index (χ1) is 33.1. The molecule has 2 atom stereocenters. The van der Waals surface area contributed by atoms with Crippen LogP contribution in [0.2, 0.25) is 0 Å². The van der Waals surface area contributed by atoms with Crippen LogP contribution in [0, 0.1) is 12.8 Å². The zero-order valence-electron chi connectivity index (χ0n) is 39.3. The highest BCUT2D eigenvalue weighted by Gasteiger charge is 2.39. The molecule has 4 N–H and O–H groups in total. The van der Waals surface area contributed by atoms with Gasteiger partial charge in [-0.15, -0.1) is 0 Å². The number of fused-ring (bicyclic) bond motifs is 4. The summed E-state index contributed by atoms with van der Waals surface area (Å²) < 4.78 is 23.3. The molecule has 68 heavy (non-hydrogen) atoms. The lowest BCUT2D eigenvalue weighted by Gasteiger charge is -2.37. The maximum absolute atomic E-state index is 13.4. The largest absolute Gasteiger partial charge is 0.478 e. The average molecular weight is 924 g/mol. The Morgan fingerprint density at radius 1 is 0.794 bits per heavy atom. The number of anilines is 2. The lowest BCUT2D eigenvalue weighted by Crippen LogP contribution is -2.33. The van der Waals surface area contributed by atoms with E-state index in [1.807, 2.05) is 94.4 Å². The van der Waals surface area contributed by atoms with Crippen LogP contribution in [0.5, 0.6) is 5.75 Å². The number of para-hydroxylation sites is 1. The zero-order valence-corrected chi connectivity index (χ0v) is 39.3. The number of benzene rings is 4. The van der Waals surface area contributed by atoms with E-state index in [4.69, 9.17) is 18.9 Å². The van der Waals surface area contributed by atoms with Crippen molar-refractivity contribution in [2.24, 2.45) is 10.9 Å². The molecular formula is C54H61N5O9. The second-order valence-electron chi connectivity index (χ2n) is 16.7. The van der Waals surface area contributed by atoms with Gasteiger partial charge in [0.15, 0.2) is 0 Å². The summed E-state index contributed by atoms with van der Waals surface area (Å²) in [4.78, 5) is 58.5. The van der Waals surface area contributed by atoms with E-state index in [1.165, 1.54) is 6.07 Å². The molecule has 0 aromatic heterocycles. The predicted octanol–water partition coefficient (Wildman–Crippen LogP) is 7.96. The van der Waals surface area contributed by atoms with E-state index in [1.54, 1.807) is 17.0 Å². The number of amides is 3. The minimum atomic E-state index is -1.13. The van der Waals surface area contributed by atoms with E-state index >= 15 is 0 Å². The Hall–Kier alpha value is -6.87. The monoisotopic (exact) mass is 923 g/mol. The smallest absolute Gasteiger partial charge is 0.336 e. The molecule has 14 heteroatoms. The third-order valence-corrected chi connectivity index (χ3v) is 12.1. The minimum absolute atomic E-state index is 0.0453. The van der Waals surface area contributed by atoms with Gasteiger partial charge in [-0.2, -0.15) is 0 Å². The second kappa shape index (κ2) is 23.7. The molecule has 14 nitrogen and oxygen atoms in total. The van der Waals surface area contributed by atoms with Crippen LogP contribution in [0.4, 0.5) is 11.4 Å². The number of ether oxygens (including phenoxy) is 4. The van der Waals surface area contributed by atoms with Gasteiger partial charge in [0.25, 0.3) is 5.91 Å². The number of aromatic carboxylic acids is 1. The number of nitrogens with zero attached hydrogens (tertiary/aromatic N) is 2. The van der Waals surface area contributed by atoms with Gasteiger partial charge in [0.2, 0.25) is 11.8 Å². The molecule has 0 fully saturated rings. The van der Waals surface area contributed by atoms with Gasteiger partial charge in [-0.05, 0) is 85.4 Å². The van der Waals surface area contributed by atoms with Gasteiger partial charge in [-0.25, -0.2) is 4.79 Å². The molecule has 0 spiro atoms. The van der Waals surface area contributed by atoms with E-state index in [0.717, 1.165) is 57.0 Å². The Bertz CT molecular complexity index is 2620. The topological polar surface area (TPSA) is 177 Å². The number of carboxylic acid groups (broad SMARTS) is 1. The molecule has 7 rings (SSSR count).